The van der Waals surface area contributed by atoms with Crippen LogP contribution in [0.2, 0.25) is 0 Å². The van der Waals surface area contributed by atoms with Gasteiger partial charge < -0.3 is 34.4 Å². The molecule has 3 aromatic rings. The van der Waals surface area contributed by atoms with Crippen molar-refractivity contribution in [3.63, 3.8) is 0 Å². The first kappa shape index (κ1) is 51.7. The third-order valence-electron chi connectivity index (χ3n) is 13.8. The molecule has 8 rings (SSSR count). The molecule has 4 saturated heterocycles. The smallest absolute Gasteiger partial charge is 0.410 e. The normalized spacial score (nSPS) is 23.8. The first-order valence-corrected chi connectivity index (χ1v) is 24.5. The zero-order chi connectivity index (χ0) is 52.2. The summed E-state index contributed by atoms with van der Waals surface area (Å²) >= 11 is 1.20. The van der Waals surface area contributed by atoms with E-state index in [1.54, 1.807) is 0 Å². The number of amides is 5. The van der Waals surface area contributed by atoms with Gasteiger partial charge in [0.15, 0.2) is 0 Å². The molecule has 0 aromatic heterocycles. The van der Waals surface area contributed by atoms with Crippen LogP contribution in [-0.4, -0.2) is 137 Å². The summed E-state index contributed by atoms with van der Waals surface area (Å²) in [4.78, 5) is 121. The molecule has 5 aliphatic heterocycles. The molecule has 4 fully saturated rings. The number of nitrogens with one attached hydrogen (secondary N) is 1. The van der Waals surface area contributed by atoms with Crippen molar-refractivity contribution in [2.75, 3.05) is 26.2 Å². The molecule has 0 bridgehead atoms. The van der Waals surface area contributed by atoms with Crippen LogP contribution in [-0.2, 0) is 53.2 Å². The minimum Gasteiger partial charge on any atom is -0.456 e. The number of rotatable bonds is 16. The average Bonchev–Trinajstić information content (AvgIpc) is 4.09. The third kappa shape index (κ3) is 11.2. The molecule has 386 valence electrons. The predicted octanol–water partition coefficient (Wildman–Crippen LogP) is 4.94. The van der Waals surface area contributed by atoms with Gasteiger partial charge in [0.1, 0.15) is 37.6 Å². The fourth-order valence-electron chi connectivity index (χ4n) is 9.99. The second-order valence-electron chi connectivity index (χ2n) is 18.5. The number of non-ortho nitro benzene ring substituents is 3. The van der Waals surface area contributed by atoms with Crippen LogP contribution >= 0.6 is 11.8 Å². The number of fused-ring (bicyclic) bond motifs is 1. The number of nitro benzene ring substituents is 3. The summed E-state index contributed by atoms with van der Waals surface area (Å²) in [5.74, 6) is -3.50. The predicted molar refractivity (Wildman–Crippen MR) is 255 cm³/mol. The van der Waals surface area contributed by atoms with Gasteiger partial charge >= 0.3 is 18.2 Å². The molecule has 0 spiro atoms. The second-order valence-corrected chi connectivity index (χ2v) is 19.9. The van der Waals surface area contributed by atoms with E-state index < -0.39 is 98.0 Å². The lowest BCUT2D eigenvalue weighted by Gasteiger charge is -2.46. The highest BCUT2D eigenvalue weighted by atomic mass is 32.2. The number of β-lactam (4-membered cyclic amide) rings is 1. The standard InChI is InChI=1S/C48H52N8O16S/c1-27-40-39(28(2)57)45(60)53(40)41(46(61)70-24-29-6-12-33(13-7-29)54(64)65)42(27)73-36-21-38(52(23-36)48(63)72-26-31-10-16-35(17-11-31)56(68)69)44(59)50-20-18-32(22-50)49-43(58)37-5-3-4-19-51(37)47(62)71-25-30-8-14-34(15-9-30)55(66)67/h6-17,27-28,32,36-40,57H,3-5,18-26H2,1-2H3,(H,49,58)/t27-,28-,32+,36+,37?,38+,39-,40-/m1/s1. The Morgan fingerprint density at radius 3 is 1.77 bits per heavy atom. The van der Waals surface area contributed by atoms with E-state index in [-0.39, 0.29) is 75.2 Å². The van der Waals surface area contributed by atoms with Gasteiger partial charge in [-0.3, -0.25) is 54.5 Å². The van der Waals surface area contributed by atoms with Crippen molar-refractivity contribution in [3.05, 3.63) is 130 Å². The highest BCUT2D eigenvalue weighted by molar-refractivity contribution is 8.03. The number of ether oxygens (including phenoxy) is 3. The van der Waals surface area contributed by atoms with Crippen LogP contribution in [0.5, 0.6) is 0 Å². The maximum absolute atomic E-state index is 14.6. The van der Waals surface area contributed by atoms with E-state index in [0.29, 0.717) is 47.3 Å². The quantitative estimate of drug-likeness (QED) is 0.0631. The number of carbonyl (C=O) groups is 6. The molecular formula is C48H52N8O16S. The van der Waals surface area contributed by atoms with Crippen molar-refractivity contribution in [1.29, 1.82) is 0 Å². The number of nitrogens with zero attached hydrogens (tertiary/aromatic N) is 7. The van der Waals surface area contributed by atoms with E-state index in [1.165, 1.54) is 111 Å². The maximum Gasteiger partial charge on any atom is 0.410 e. The molecule has 0 aliphatic carbocycles. The van der Waals surface area contributed by atoms with Gasteiger partial charge in [-0.1, -0.05) is 6.92 Å². The first-order valence-electron chi connectivity index (χ1n) is 23.6. The van der Waals surface area contributed by atoms with Crippen molar-refractivity contribution in [1.82, 2.24) is 24.9 Å². The van der Waals surface area contributed by atoms with E-state index in [4.69, 9.17) is 14.2 Å². The van der Waals surface area contributed by atoms with Crippen LogP contribution < -0.4 is 5.32 Å². The number of aliphatic hydroxyl groups is 1. The van der Waals surface area contributed by atoms with E-state index in [0.717, 1.165) is 0 Å². The minimum atomic E-state index is -1.09. The van der Waals surface area contributed by atoms with Gasteiger partial charge in [0, 0.05) is 84.7 Å². The van der Waals surface area contributed by atoms with Gasteiger partial charge in [-0.15, -0.1) is 11.8 Å². The van der Waals surface area contributed by atoms with Crippen molar-refractivity contribution in [3.8, 4) is 0 Å². The first-order chi connectivity index (χ1) is 34.9. The van der Waals surface area contributed by atoms with Gasteiger partial charge in [0.05, 0.1) is 32.8 Å². The highest BCUT2D eigenvalue weighted by Gasteiger charge is 2.61. The maximum atomic E-state index is 14.6. The zero-order valence-electron chi connectivity index (χ0n) is 39.6. The number of likely N-dealkylation sites (tertiary alicyclic amines) is 3. The van der Waals surface area contributed by atoms with E-state index in [2.05, 4.69) is 5.32 Å². The van der Waals surface area contributed by atoms with Gasteiger partial charge in [-0.2, -0.15) is 0 Å². The molecule has 0 saturated carbocycles. The molecule has 0 radical (unpaired) electrons. The highest BCUT2D eigenvalue weighted by Crippen LogP contribution is 2.52. The number of carbonyl (C=O) groups excluding carboxylic acids is 6. The molecular weight excluding hydrogens is 977 g/mol. The molecule has 8 atom stereocenters. The van der Waals surface area contributed by atoms with E-state index in [9.17, 15) is 64.2 Å². The van der Waals surface area contributed by atoms with Gasteiger partial charge in [0.2, 0.25) is 17.7 Å². The molecule has 2 N–H and O–H groups in total. The largest absolute Gasteiger partial charge is 0.456 e. The number of aliphatic hydroxyl groups excluding tert-OH is 1. The molecule has 73 heavy (non-hydrogen) atoms. The number of hydrogen-bond donors (Lipinski definition) is 2. The van der Waals surface area contributed by atoms with Crippen molar-refractivity contribution in [2.45, 2.75) is 101 Å². The van der Waals surface area contributed by atoms with Crippen LogP contribution in [0.4, 0.5) is 26.7 Å². The Bertz CT molecular complexity index is 2700. The Morgan fingerprint density at radius 2 is 1.25 bits per heavy atom. The Labute approximate surface area is 421 Å². The summed E-state index contributed by atoms with van der Waals surface area (Å²) in [6.45, 7) is 3.08. The Balaban J connectivity index is 0.964. The summed E-state index contributed by atoms with van der Waals surface area (Å²) in [5, 5.41) is 46.5. The molecule has 25 heteroatoms. The Hall–Kier alpha value is -7.67. The van der Waals surface area contributed by atoms with Crippen LogP contribution in [0.3, 0.4) is 0 Å². The van der Waals surface area contributed by atoms with E-state index in [1.807, 2.05) is 6.92 Å². The number of piperidine rings is 1. The topological polar surface area (TPSA) is 305 Å². The van der Waals surface area contributed by atoms with Gasteiger partial charge in [0.25, 0.3) is 17.1 Å². The molecule has 1 unspecified atom stereocenters. The number of thioether (sulfide) groups is 1. The van der Waals surface area contributed by atoms with Gasteiger partial charge in [-0.25, -0.2) is 14.4 Å². The lowest BCUT2D eigenvalue weighted by molar-refractivity contribution is -0.385. The molecule has 24 nitrogen and oxygen atoms in total. The van der Waals surface area contributed by atoms with Crippen LogP contribution in [0.25, 0.3) is 0 Å². The van der Waals surface area contributed by atoms with Crippen molar-refractivity contribution in [2.24, 2.45) is 11.8 Å². The van der Waals surface area contributed by atoms with Crippen LogP contribution in [0, 0.1) is 42.2 Å². The Kier molecular flexibility index (Phi) is 15.6. The third-order valence-corrected chi connectivity index (χ3v) is 15.3. The summed E-state index contributed by atoms with van der Waals surface area (Å²) in [6.07, 6.45) is -0.505. The number of benzene rings is 3. The summed E-state index contributed by atoms with van der Waals surface area (Å²) in [7, 11) is 0. The lowest BCUT2D eigenvalue weighted by Crippen LogP contribution is -2.63. The SMILES string of the molecule is C[C@@H](O)[C@H]1C(=O)N2C(C(=O)OCc3ccc([N+](=O)[O-])cc3)=C(S[C@H]3C[C@@H](C(=O)N4CC[C@H](NC(=O)C5CCCCN5C(=O)OCc5ccc([N+](=O)[O-])cc5)C4)N(C(=O)OCc4ccc([N+](=O)[O-])cc4)C3)[C@H](C)[C@H]12. The van der Waals surface area contributed by atoms with Crippen molar-refractivity contribution >= 4 is 64.7 Å². The average molecular weight is 1030 g/mol. The molecule has 5 amide bonds. The van der Waals surface area contributed by atoms with Crippen molar-refractivity contribution < 1.29 is 62.9 Å². The molecule has 5 aliphatic rings. The number of hydrogen-bond acceptors (Lipinski definition) is 17. The molecule has 5 heterocycles. The monoisotopic (exact) mass is 1030 g/mol. The Morgan fingerprint density at radius 1 is 0.726 bits per heavy atom. The summed E-state index contributed by atoms with van der Waals surface area (Å²) in [6, 6.07) is 13.3. The molecule has 3 aromatic carbocycles. The zero-order valence-corrected chi connectivity index (χ0v) is 40.5. The lowest BCUT2D eigenvalue weighted by atomic mass is 9.79. The number of esters is 1. The summed E-state index contributed by atoms with van der Waals surface area (Å²) < 4.78 is 16.9. The van der Waals surface area contributed by atoms with Gasteiger partial charge in [-0.05, 0) is 92.1 Å². The fraction of sp³-hybridized carbons (Fsp3) is 0.458. The van der Waals surface area contributed by atoms with E-state index >= 15 is 0 Å². The fourth-order valence-corrected chi connectivity index (χ4v) is 11.5. The second kappa shape index (κ2) is 22.0. The number of nitro groups is 3. The van der Waals surface area contributed by atoms with Crippen LogP contribution in [0.1, 0.15) is 62.6 Å². The minimum absolute atomic E-state index is 0.0409. The van der Waals surface area contributed by atoms with Crippen LogP contribution in [0.15, 0.2) is 83.4 Å². The summed E-state index contributed by atoms with van der Waals surface area (Å²) in [5.41, 5.74) is 0.953.